The number of ketones is 1. The molecular formula is C62H100N4O9. The van der Waals surface area contributed by atoms with Gasteiger partial charge in [-0.1, -0.05) is 195 Å². The highest BCUT2D eigenvalue weighted by molar-refractivity contribution is 6.07. The number of nitrogens with zero attached hydrogens (tertiary/aromatic N) is 3. The Balaban J connectivity index is 2.08. The molecule has 0 saturated carbocycles. The van der Waals surface area contributed by atoms with Crippen molar-refractivity contribution in [1.29, 1.82) is 0 Å². The van der Waals surface area contributed by atoms with Crippen LogP contribution in [0, 0.1) is 0 Å². The number of aliphatic imine (C=N–C) groups is 1. The highest BCUT2D eigenvalue weighted by Crippen LogP contribution is 2.42. The van der Waals surface area contributed by atoms with Gasteiger partial charge in [0, 0.05) is 44.7 Å². The first-order valence-corrected chi connectivity index (χ1v) is 29.6. The number of benzene rings is 2. The molecule has 0 radical (unpaired) electrons. The van der Waals surface area contributed by atoms with Crippen molar-refractivity contribution >= 4 is 23.4 Å². The van der Waals surface area contributed by atoms with E-state index < -0.39 is 17.1 Å². The molecule has 0 aliphatic heterocycles. The molecule has 0 unspecified atom stereocenters. The largest absolute Gasteiger partial charge is 0.494 e. The van der Waals surface area contributed by atoms with Crippen LogP contribution in [0.25, 0.3) is 0 Å². The van der Waals surface area contributed by atoms with Gasteiger partial charge in [-0.2, -0.15) is 0 Å². The molecule has 3 aromatic rings. The van der Waals surface area contributed by atoms with E-state index in [1.807, 2.05) is 6.07 Å². The van der Waals surface area contributed by atoms with Crippen LogP contribution in [0.1, 0.15) is 243 Å². The maximum atomic E-state index is 14.5. The van der Waals surface area contributed by atoms with Gasteiger partial charge in [0.1, 0.15) is 5.56 Å². The predicted molar refractivity (Wildman–Crippen MR) is 310 cm³/mol. The third-order valence-electron chi connectivity index (χ3n) is 13.6. The summed E-state index contributed by atoms with van der Waals surface area (Å²) >= 11 is 0. The molecule has 0 spiro atoms. The van der Waals surface area contributed by atoms with Gasteiger partial charge in [-0.15, -0.1) is 0 Å². The Hall–Kier alpha value is -5.20. The molecule has 1 aromatic heterocycles. The van der Waals surface area contributed by atoms with E-state index in [1.54, 1.807) is 24.4 Å². The van der Waals surface area contributed by atoms with Crippen LogP contribution in [0.2, 0.25) is 0 Å². The number of allylic oxidation sites excluding steroid dienone is 1. The van der Waals surface area contributed by atoms with Crippen LogP contribution in [0.15, 0.2) is 51.1 Å². The third kappa shape index (κ3) is 24.6. The monoisotopic (exact) mass is 1040 g/mol. The summed E-state index contributed by atoms with van der Waals surface area (Å²) in [6, 6.07) is 7.16. The van der Waals surface area contributed by atoms with E-state index >= 15 is 0 Å². The first-order chi connectivity index (χ1) is 36.6. The molecule has 13 heteroatoms. The second-order valence-electron chi connectivity index (χ2n) is 20.2. The topological polar surface area (TPSA) is 152 Å². The molecule has 0 amide bonds. The first-order valence-electron chi connectivity index (χ1n) is 29.6. The van der Waals surface area contributed by atoms with Crippen molar-refractivity contribution in [3.63, 3.8) is 0 Å². The van der Waals surface area contributed by atoms with Crippen molar-refractivity contribution < 1.29 is 33.6 Å². The quantitative estimate of drug-likeness (QED) is 0.0242. The SMILES string of the molecule is CCCCCCCCOc1cc(N=Cc2c(O)n(C)c(=O)n(C)c2=O)c(N/C=C\C(=O)c2ccc(OCCCCCCCC)c(OCCCCCCCC)c2OCCCCCCCC)cc1OCCCCCCCC. The van der Waals surface area contributed by atoms with Gasteiger partial charge in [0.05, 0.1) is 50.0 Å². The van der Waals surface area contributed by atoms with Gasteiger partial charge in [0.25, 0.3) is 5.56 Å². The molecule has 13 nitrogen and oxygen atoms in total. The van der Waals surface area contributed by atoms with Crippen LogP contribution in [0.4, 0.5) is 11.4 Å². The van der Waals surface area contributed by atoms with Gasteiger partial charge in [0.15, 0.2) is 28.8 Å². The Kier molecular flexibility index (Phi) is 34.3. The Morgan fingerprint density at radius 1 is 0.520 bits per heavy atom. The molecule has 0 aliphatic carbocycles. The zero-order chi connectivity index (χ0) is 54.3. The van der Waals surface area contributed by atoms with E-state index in [9.17, 15) is 19.5 Å². The fourth-order valence-corrected chi connectivity index (χ4v) is 8.84. The lowest BCUT2D eigenvalue weighted by Crippen LogP contribution is -2.38. The van der Waals surface area contributed by atoms with Crippen molar-refractivity contribution in [3.8, 4) is 34.6 Å². The first kappa shape index (κ1) is 64.1. The molecule has 0 aliphatic rings. The molecule has 1 heterocycles. The number of unbranched alkanes of at least 4 members (excludes halogenated alkanes) is 25. The van der Waals surface area contributed by atoms with E-state index in [1.165, 1.54) is 129 Å². The summed E-state index contributed by atoms with van der Waals surface area (Å²) in [7, 11) is 2.74. The minimum Gasteiger partial charge on any atom is -0.494 e. The lowest BCUT2D eigenvalue weighted by atomic mass is 10.1. The van der Waals surface area contributed by atoms with Gasteiger partial charge >= 0.3 is 5.69 Å². The molecule has 75 heavy (non-hydrogen) atoms. The summed E-state index contributed by atoms with van der Waals surface area (Å²) < 4.78 is 34.4. The van der Waals surface area contributed by atoms with Crippen LogP contribution in [-0.2, 0) is 14.1 Å². The second kappa shape index (κ2) is 40.1. The van der Waals surface area contributed by atoms with Crippen LogP contribution in [-0.4, -0.2) is 59.3 Å². The van der Waals surface area contributed by atoms with E-state index in [-0.39, 0.29) is 11.3 Å². The number of anilines is 1. The lowest BCUT2D eigenvalue weighted by molar-refractivity contribution is 0.104. The number of aromatic hydroxyl groups is 1. The normalized spacial score (nSPS) is 11.5. The maximum absolute atomic E-state index is 14.5. The summed E-state index contributed by atoms with van der Waals surface area (Å²) in [5.41, 5.74) is -0.329. The van der Waals surface area contributed by atoms with Gasteiger partial charge in [-0.3, -0.25) is 23.7 Å². The summed E-state index contributed by atoms with van der Waals surface area (Å²) in [5, 5.41) is 14.2. The number of aromatic nitrogens is 2. The zero-order valence-electron chi connectivity index (χ0n) is 47.8. The number of ether oxygens (including phenoxy) is 5. The van der Waals surface area contributed by atoms with Crippen molar-refractivity contribution in [2.45, 2.75) is 227 Å². The van der Waals surface area contributed by atoms with E-state index in [0.717, 1.165) is 99.0 Å². The third-order valence-corrected chi connectivity index (χ3v) is 13.6. The van der Waals surface area contributed by atoms with E-state index in [0.29, 0.717) is 78.7 Å². The number of carbonyl (C=O) groups excluding carboxylic acids is 1. The van der Waals surface area contributed by atoms with Crippen molar-refractivity contribution in [3.05, 3.63) is 68.5 Å². The average Bonchev–Trinajstić information content (AvgIpc) is 3.41. The van der Waals surface area contributed by atoms with Crippen molar-refractivity contribution in [2.75, 3.05) is 38.4 Å². The number of rotatable bonds is 46. The molecule has 0 atom stereocenters. The number of nitrogens with one attached hydrogen (secondary N) is 1. The van der Waals surface area contributed by atoms with E-state index in [2.05, 4.69) is 39.9 Å². The highest BCUT2D eigenvalue weighted by Gasteiger charge is 2.22. The zero-order valence-corrected chi connectivity index (χ0v) is 47.8. The summed E-state index contributed by atoms with van der Waals surface area (Å²) in [5.74, 6) is 1.66. The lowest BCUT2D eigenvalue weighted by Gasteiger charge is -2.19. The summed E-state index contributed by atoms with van der Waals surface area (Å²) in [6.45, 7) is 13.5. The van der Waals surface area contributed by atoms with Crippen LogP contribution >= 0.6 is 0 Å². The molecule has 422 valence electrons. The van der Waals surface area contributed by atoms with Crippen LogP contribution in [0.3, 0.4) is 0 Å². The Bertz CT molecular complexity index is 2210. The average molecular weight is 1050 g/mol. The minimum absolute atomic E-state index is 0.156. The fourth-order valence-electron chi connectivity index (χ4n) is 8.84. The molecular weight excluding hydrogens is 945 g/mol. The number of carbonyl (C=O) groups is 1. The molecule has 2 aromatic carbocycles. The van der Waals surface area contributed by atoms with Crippen LogP contribution in [0.5, 0.6) is 34.6 Å². The molecule has 3 rings (SSSR count). The Morgan fingerprint density at radius 3 is 1.39 bits per heavy atom. The summed E-state index contributed by atoms with van der Waals surface area (Å²) in [6.07, 6.45) is 37.7. The van der Waals surface area contributed by atoms with Gasteiger partial charge < -0.3 is 34.1 Å². The summed E-state index contributed by atoms with van der Waals surface area (Å²) in [4.78, 5) is 45.1. The van der Waals surface area contributed by atoms with Gasteiger partial charge in [-0.05, 0) is 44.2 Å². The van der Waals surface area contributed by atoms with Crippen LogP contribution < -0.4 is 40.3 Å². The minimum atomic E-state index is -0.693. The van der Waals surface area contributed by atoms with Gasteiger partial charge in [-0.25, -0.2) is 4.79 Å². The molecule has 0 saturated heterocycles. The molecule has 2 N–H and O–H groups in total. The van der Waals surface area contributed by atoms with Crippen molar-refractivity contribution in [1.82, 2.24) is 9.13 Å². The fraction of sp³-hybridized carbons (Fsp3) is 0.677. The highest BCUT2D eigenvalue weighted by atomic mass is 16.5. The smallest absolute Gasteiger partial charge is 0.333 e. The van der Waals surface area contributed by atoms with E-state index in [4.69, 9.17) is 28.7 Å². The number of hydrogen-bond donors (Lipinski definition) is 2. The molecule has 0 fully saturated rings. The van der Waals surface area contributed by atoms with Gasteiger partial charge in [0.2, 0.25) is 11.6 Å². The molecule has 0 bridgehead atoms. The standard InChI is InChI=1S/C62H100N4O9/c1-8-13-18-23-28-33-42-71-55-39-38-50(58(74-45-36-31-26-21-16-11-4)59(55)75-46-37-32-27-22-17-12-5)54(67)40-41-63-52-47-56(72-43-34-29-24-19-14-9-2)57(73-44-35-30-25-20-15-10-3)48-53(52)64-49-51-60(68)65(6)62(70)66(7)61(51)69/h38-41,47-49,63,68H,8-37,42-46H2,1-7H3/b41-40-,64-49?. The predicted octanol–water partition coefficient (Wildman–Crippen LogP) is 16.0. The maximum Gasteiger partial charge on any atom is 0.333 e. The second-order valence-corrected chi connectivity index (χ2v) is 20.2. The Labute approximate surface area is 452 Å². The number of hydrogen-bond acceptors (Lipinski definition) is 11. The Morgan fingerprint density at radius 2 is 0.920 bits per heavy atom. The van der Waals surface area contributed by atoms with Crippen molar-refractivity contribution in [2.24, 2.45) is 19.1 Å².